The van der Waals surface area contributed by atoms with Gasteiger partial charge in [0.15, 0.2) is 0 Å². The van der Waals surface area contributed by atoms with Crippen LogP contribution >= 0.6 is 0 Å². The number of rotatable bonds is 4. The smallest absolute Gasteiger partial charge is 0.305 e. The van der Waals surface area contributed by atoms with Gasteiger partial charge in [-0.3, -0.25) is 4.79 Å². The van der Waals surface area contributed by atoms with Gasteiger partial charge < -0.3 is 9.47 Å². The summed E-state index contributed by atoms with van der Waals surface area (Å²) < 4.78 is 9.18. The molecule has 0 unspecified atom stereocenters. The molecular weight excluding hydrogens is 156 g/mol. The fourth-order valence-electron chi connectivity index (χ4n) is 0.510. The normalized spacial score (nSPS) is 8.33. The summed E-state index contributed by atoms with van der Waals surface area (Å²) in [6.07, 6.45) is 1.41. The van der Waals surface area contributed by atoms with Crippen LogP contribution in [0.3, 0.4) is 0 Å². The zero-order chi connectivity index (χ0) is 9.82. The molecule has 0 saturated heterocycles. The van der Waals surface area contributed by atoms with E-state index in [9.17, 15) is 4.79 Å². The van der Waals surface area contributed by atoms with Crippen molar-refractivity contribution in [2.75, 3.05) is 20.3 Å². The van der Waals surface area contributed by atoms with Crippen LogP contribution < -0.4 is 0 Å². The maximum absolute atomic E-state index is 10.2. The highest BCUT2D eigenvalue weighted by Crippen LogP contribution is 1.86. The Morgan fingerprint density at radius 2 is 1.67 bits per heavy atom. The second-order valence-electron chi connectivity index (χ2n) is 2.11. The van der Waals surface area contributed by atoms with Gasteiger partial charge in [0, 0.05) is 19.6 Å². The van der Waals surface area contributed by atoms with Crippen molar-refractivity contribution < 1.29 is 14.3 Å². The van der Waals surface area contributed by atoms with Crippen LogP contribution in [0.4, 0.5) is 0 Å². The molecule has 0 aliphatic heterocycles. The molecule has 0 fully saturated rings. The molecule has 0 radical (unpaired) electrons. The Labute approximate surface area is 75.1 Å². The number of methoxy groups -OCH3 is 1. The first-order valence-electron chi connectivity index (χ1n) is 4.37. The molecule has 0 heterocycles. The van der Waals surface area contributed by atoms with E-state index < -0.39 is 0 Å². The molecule has 3 nitrogen and oxygen atoms in total. The average Bonchev–Trinajstić information content (AvgIpc) is 2.07. The Bertz CT molecular complexity index is 89.8. The lowest BCUT2D eigenvalue weighted by molar-refractivity contribution is -0.140. The number of carbonyl (C=O) groups is 1. The Morgan fingerprint density at radius 1 is 1.17 bits per heavy atom. The van der Waals surface area contributed by atoms with Crippen molar-refractivity contribution in [2.24, 2.45) is 0 Å². The van der Waals surface area contributed by atoms with Gasteiger partial charge in [-0.2, -0.15) is 0 Å². The van der Waals surface area contributed by atoms with Gasteiger partial charge in [0.2, 0.25) is 0 Å². The number of esters is 1. The van der Waals surface area contributed by atoms with E-state index in [4.69, 9.17) is 4.74 Å². The Hall–Kier alpha value is -0.570. The maximum atomic E-state index is 10.2. The zero-order valence-corrected chi connectivity index (χ0v) is 8.55. The third kappa shape index (κ3) is 16.2. The summed E-state index contributed by atoms with van der Waals surface area (Å²) in [6, 6.07) is 0. The second-order valence-corrected chi connectivity index (χ2v) is 2.11. The number of carbonyl (C=O) groups excluding carboxylic acids is 1. The number of hydrogen-bond donors (Lipinski definition) is 0. The van der Waals surface area contributed by atoms with Gasteiger partial charge in [-0.05, 0) is 20.3 Å². The van der Waals surface area contributed by atoms with Crippen molar-refractivity contribution in [3.05, 3.63) is 0 Å². The van der Waals surface area contributed by atoms with Crippen molar-refractivity contribution in [1.82, 2.24) is 0 Å². The molecule has 0 rings (SSSR count). The van der Waals surface area contributed by atoms with Crippen LogP contribution in [0.25, 0.3) is 0 Å². The summed E-state index contributed by atoms with van der Waals surface area (Å²) in [5, 5.41) is 0. The highest BCUT2D eigenvalue weighted by molar-refractivity contribution is 5.68. The van der Waals surface area contributed by atoms with Crippen LogP contribution in [-0.4, -0.2) is 26.3 Å². The van der Waals surface area contributed by atoms with E-state index in [0.29, 0.717) is 6.42 Å². The van der Waals surface area contributed by atoms with Crippen LogP contribution in [0.5, 0.6) is 0 Å². The molecule has 74 valence electrons. The number of hydrogen-bond acceptors (Lipinski definition) is 3. The summed E-state index contributed by atoms with van der Waals surface area (Å²) in [4.78, 5) is 10.2. The van der Waals surface area contributed by atoms with Crippen molar-refractivity contribution in [1.29, 1.82) is 0 Å². The largest absolute Gasteiger partial charge is 0.469 e. The van der Waals surface area contributed by atoms with Crippen molar-refractivity contribution >= 4 is 5.97 Å². The molecule has 0 aromatic rings. The predicted octanol–water partition coefficient (Wildman–Crippen LogP) is 2.00. The third-order valence-electron chi connectivity index (χ3n) is 1.09. The first kappa shape index (κ1) is 14.0. The van der Waals surface area contributed by atoms with Gasteiger partial charge in [-0.15, -0.1) is 0 Å². The van der Waals surface area contributed by atoms with Crippen molar-refractivity contribution in [2.45, 2.75) is 33.6 Å². The summed E-state index contributed by atoms with van der Waals surface area (Å²) in [5.74, 6) is -0.123. The third-order valence-corrected chi connectivity index (χ3v) is 1.09. The fraction of sp³-hybridized carbons (Fsp3) is 0.889. The molecule has 0 spiro atoms. The monoisotopic (exact) mass is 176 g/mol. The number of ether oxygens (including phenoxy) is 2. The minimum Gasteiger partial charge on any atom is -0.469 e. The fourth-order valence-corrected chi connectivity index (χ4v) is 0.510. The van der Waals surface area contributed by atoms with Crippen LogP contribution in [0.15, 0.2) is 0 Å². The molecule has 3 heteroatoms. The van der Waals surface area contributed by atoms with E-state index >= 15 is 0 Å². The van der Waals surface area contributed by atoms with E-state index in [-0.39, 0.29) is 5.97 Å². The van der Waals surface area contributed by atoms with Crippen molar-refractivity contribution in [3.63, 3.8) is 0 Å². The molecule has 0 amide bonds. The van der Waals surface area contributed by atoms with Gasteiger partial charge in [-0.1, -0.05) is 6.92 Å². The molecule has 0 aliphatic rings. The lowest BCUT2D eigenvalue weighted by atomic mass is 10.3. The molecule has 0 bridgehead atoms. The zero-order valence-electron chi connectivity index (χ0n) is 8.55. The quantitative estimate of drug-likeness (QED) is 0.614. The molecular formula is C9H20O3. The maximum Gasteiger partial charge on any atom is 0.305 e. The molecule has 0 N–H and O–H groups in total. The van der Waals surface area contributed by atoms with Gasteiger partial charge in [0.1, 0.15) is 0 Å². The van der Waals surface area contributed by atoms with Gasteiger partial charge in [-0.25, -0.2) is 0 Å². The SMILES string of the molecule is CCCC(=O)OC.CCOCC. The predicted molar refractivity (Wildman–Crippen MR) is 49.1 cm³/mol. The average molecular weight is 176 g/mol. The molecule has 0 aliphatic carbocycles. The second kappa shape index (κ2) is 13.1. The molecule has 0 aromatic carbocycles. The summed E-state index contributed by atoms with van der Waals surface area (Å²) >= 11 is 0. The van der Waals surface area contributed by atoms with E-state index in [0.717, 1.165) is 19.6 Å². The van der Waals surface area contributed by atoms with Crippen LogP contribution in [0.1, 0.15) is 33.6 Å². The van der Waals surface area contributed by atoms with Crippen LogP contribution in [0, 0.1) is 0 Å². The highest BCUT2D eigenvalue weighted by atomic mass is 16.5. The van der Waals surface area contributed by atoms with Gasteiger partial charge >= 0.3 is 5.97 Å². The lowest BCUT2D eigenvalue weighted by Crippen LogP contribution is -1.97. The van der Waals surface area contributed by atoms with E-state index in [1.165, 1.54) is 7.11 Å². The summed E-state index contributed by atoms with van der Waals surface area (Å²) in [6.45, 7) is 7.61. The Morgan fingerprint density at radius 3 is 1.75 bits per heavy atom. The van der Waals surface area contributed by atoms with Gasteiger partial charge in [0.05, 0.1) is 7.11 Å². The molecule has 0 atom stereocenters. The van der Waals surface area contributed by atoms with Gasteiger partial charge in [0.25, 0.3) is 0 Å². The Kier molecular flexibility index (Phi) is 15.2. The molecule has 0 saturated carbocycles. The van der Waals surface area contributed by atoms with Crippen molar-refractivity contribution in [3.8, 4) is 0 Å². The Balaban J connectivity index is 0. The molecule has 12 heavy (non-hydrogen) atoms. The topological polar surface area (TPSA) is 35.5 Å². The summed E-state index contributed by atoms with van der Waals surface area (Å²) in [5.41, 5.74) is 0. The minimum atomic E-state index is -0.123. The summed E-state index contributed by atoms with van der Waals surface area (Å²) in [7, 11) is 1.40. The van der Waals surface area contributed by atoms with E-state index in [2.05, 4.69) is 4.74 Å². The highest BCUT2D eigenvalue weighted by Gasteiger charge is 1.92. The van der Waals surface area contributed by atoms with E-state index in [1.807, 2.05) is 20.8 Å². The first-order chi connectivity index (χ1) is 5.72. The molecule has 0 aromatic heterocycles. The van der Waals surface area contributed by atoms with Crippen LogP contribution in [-0.2, 0) is 14.3 Å². The van der Waals surface area contributed by atoms with Crippen LogP contribution in [0.2, 0.25) is 0 Å². The van der Waals surface area contributed by atoms with E-state index in [1.54, 1.807) is 0 Å². The standard InChI is InChI=1S/C5H10O2.C4H10O/c1-3-4-5(6)7-2;1-3-5-4-2/h3-4H2,1-2H3;3-4H2,1-2H3. The first-order valence-corrected chi connectivity index (χ1v) is 4.37. The lowest BCUT2D eigenvalue weighted by Gasteiger charge is -1.91. The minimum absolute atomic E-state index is 0.123.